The number of hydrogen-bond donors (Lipinski definition) is 1. The molecule has 150 valence electrons. The quantitative estimate of drug-likeness (QED) is 0.529. The first-order chi connectivity index (χ1) is 13.6. The number of carboxylic acid groups (broad SMARTS) is 1. The summed E-state index contributed by atoms with van der Waals surface area (Å²) in [6.45, 7) is 1.39. The lowest BCUT2D eigenvalue weighted by atomic mass is 9.82. The Balaban J connectivity index is 1.41. The van der Waals surface area contributed by atoms with Crippen LogP contribution in [0.15, 0.2) is 30.3 Å². The van der Waals surface area contributed by atoms with E-state index in [2.05, 4.69) is 51.5 Å². The summed E-state index contributed by atoms with van der Waals surface area (Å²) < 4.78 is 8.92. The third kappa shape index (κ3) is 4.76. The highest BCUT2D eigenvalue weighted by Crippen LogP contribution is 2.45. The molecule has 2 aromatic rings. The van der Waals surface area contributed by atoms with Crippen LogP contribution in [0.25, 0.3) is 11.3 Å². The normalized spacial score (nSPS) is 22.3. The second-order valence-electron chi connectivity index (χ2n) is 8.17. The molecule has 4 rings (SSSR count). The Morgan fingerprint density at radius 2 is 1.79 bits per heavy atom. The summed E-state index contributed by atoms with van der Waals surface area (Å²) in [5.74, 6) is 0.935. The van der Waals surface area contributed by atoms with Gasteiger partial charge in [-0.25, -0.2) is 4.79 Å². The molecule has 28 heavy (non-hydrogen) atoms. The van der Waals surface area contributed by atoms with E-state index in [9.17, 15) is 4.79 Å². The van der Waals surface area contributed by atoms with Crippen LogP contribution in [0.5, 0.6) is 0 Å². The zero-order chi connectivity index (χ0) is 19.5. The smallest absolute Gasteiger partial charge is 0.329 e. The van der Waals surface area contributed by atoms with Crippen LogP contribution in [0.2, 0.25) is 0 Å². The molecule has 0 aliphatic heterocycles. The Hall–Kier alpha value is -1.41. The van der Waals surface area contributed by atoms with Crippen molar-refractivity contribution in [1.82, 2.24) is 9.78 Å². The van der Waals surface area contributed by atoms with E-state index in [0.29, 0.717) is 24.4 Å². The highest BCUT2D eigenvalue weighted by molar-refractivity contribution is 14.1. The summed E-state index contributed by atoms with van der Waals surface area (Å²) in [7, 11) is 0. The predicted molar refractivity (Wildman–Crippen MR) is 116 cm³/mol. The molecule has 0 radical (unpaired) electrons. The van der Waals surface area contributed by atoms with Gasteiger partial charge in [0.05, 0.1) is 15.9 Å². The molecule has 1 aromatic heterocycles. The van der Waals surface area contributed by atoms with Gasteiger partial charge in [-0.05, 0) is 73.0 Å². The van der Waals surface area contributed by atoms with E-state index in [1.165, 1.54) is 40.5 Å². The number of benzene rings is 1. The first-order valence-electron chi connectivity index (χ1n) is 10.2. The molecule has 0 spiro atoms. The van der Waals surface area contributed by atoms with Crippen LogP contribution in [0.1, 0.15) is 50.1 Å². The van der Waals surface area contributed by atoms with Crippen molar-refractivity contribution in [3.05, 3.63) is 39.6 Å². The number of aliphatic carboxylic acids is 1. The van der Waals surface area contributed by atoms with E-state index in [1.54, 1.807) is 0 Å². The fourth-order valence-electron chi connectivity index (χ4n) is 4.26. The molecule has 6 heteroatoms. The summed E-state index contributed by atoms with van der Waals surface area (Å²) >= 11 is 2.49. The summed E-state index contributed by atoms with van der Waals surface area (Å²) in [6.07, 6.45) is 7.14. The van der Waals surface area contributed by atoms with Crippen molar-refractivity contribution < 1.29 is 14.6 Å². The van der Waals surface area contributed by atoms with E-state index in [-0.39, 0.29) is 6.61 Å². The highest BCUT2D eigenvalue weighted by Gasteiger charge is 2.33. The lowest BCUT2D eigenvalue weighted by Gasteiger charge is -2.28. The molecule has 2 aliphatic carbocycles. The van der Waals surface area contributed by atoms with Crippen molar-refractivity contribution in [2.75, 3.05) is 13.2 Å². The van der Waals surface area contributed by atoms with Gasteiger partial charge < -0.3 is 9.84 Å². The van der Waals surface area contributed by atoms with Gasteiger partial charge in [0.25, 0.3) is 0 Å². The molecular weight excluding hydrogens is 467 g/mol. The van der Waals surface area contributed by atoms with Gasteiger partial charge in [0.2, 0.25) is 0 Å². The Labute approximate surface area is 179 Å². The number of hydrogen-bond acceptors (Lipinski definition) is 3. The average Bonchev–Trinajstić information content (AvgIpc) is 3.47. The minimum Gasteiger partial charge on any atom is -0.480 e. The molecule has 0 bridgehead atoms. The van der Waals surface area contributed by atoms with Crippen LogP contribution in [0, 0.1) is 15.4 Å². The highest BCUT2D eigenvalue weighted by atomic mass is 127. The van der Waals surface area contributed by atoms with Crippen molar-refractivity contribution in [1.29, 1.82) is 0 Å². The van der Waals surface area contributed by atoms with Crippen molar-refractivity contribution >= 4 is 28.6 Å². The van der Waals surface area contributed by atoms with Crippen molar-refractivity contribution in [3.63, 3.8) is 0 Å². The molecule has 2 saturated carbocycles. The van der Waals surface area contributed by atoms with Crippen LogP contribution < -0.4 is 0 Å². The molecule has 5 nitrogen and oxygen atoms in total. The zero-order valence-corrected chi connectivity index (χ0v) is 18.2. The SMILES string of the molecule is O=C(O)COCC1CCC(Cn2nc(-c3ccccc3)c(I)c2C2CC2)CC1. The summed E-state index contributed by atoms with van der Waals surface area (Å²) in [4.78, 5) is 10.6. The number of halogens is 1. The average molecular weight is 494 g/mol. The monoisotopic (exact) mass is 494 g/mol. The third-order valence-electron chi connectivity index (χ3n) is 5.92. The molecule has 0 saturated heterocycles. The van der Waals surface area contributed by atoms with E-state index < -0.39 is 5.97 Å². The molecule has 1 aromatic carbocycles. The maximum Gasteiger partial charge on any atom is 0.329 e. The third-order valence-corrected chi connectivity index (χ3v) is 6.98. The van der Waals surface area contributed by atoms with Gasteiger partial charge in [-0.3, -0.25) is 4.68 Å². The molecule has 2 aliphatic rings. The number of rotatable bonds is 8. The van der Waals surface area contributed by atoms with E-state index in [0.717, 1.165) is 25.1 Å². The van der Waals surface area contributed by atoms with Crippen molar-refractivity contribution in [2.45, 2.75) is 51.0 Å². The summed E-state index contributed by atoms with van der Waals surface area (Å²) in [6, 6.07) is 10.5. The molecule has 1 heterocycles. The molecule has 0 unspecified atom stereocenters. The predicted octanol–water partition coefficient (Wildman–Crippen LogP) is 4.94. The Morgan fingerprint density at radius 1 is 1.11 bits per heavy atom. The largest absolute Gasteiger partial charge is 0.480 e. The molecular formula is C22H27IN2O3. The van der Waals surface area contributed by atoms with Crippen molar-refractivity contribution in [2.24, 2.45) is 11.8 Å². The van der Waals surface area contributed by atoms with Crippen LogP contribution in [-0.4, -0.2) is 34.1 Å². The Kier molecular flexibility index (Phi) is 6.35. The van der Waals surface area contributed by atoms with Gasteiger partial charge in [0.15, 0.2) is 0 Å². The number of carboxylic acids is 1. The number of nitrogens with zero attached hydrogens (tertiary/aromatic N) is 2. The topological polar surface area (TPSA) is 64.3 Å². The molecule has 0 amide bonds. The number of carbonyl (C=O) groups is 1. The molecule has 1 N–H and O–H groups in total. The van der Waals surface area contributed by atoms with Gasteiger partial charge >= 0.3 is 5.97 Å². The second-order valence-corrected chi connectivity index (χ2v) is 9.24. The van der Waals surface area contributed by atoms with Gasteiger partial charge in [-0.1, -0.05) is 30.3 Å². The zero-order valence-electron chi connectivity index (χ0n) is 16.0. The minimum absolute atomic E-state index is 0.182. The van der Waals surface area contributed by atoms with E-state index in [1.807, 2.05) is 6.07 Å². The molecule has 0 atom stereocenters. The van der Waals surface area contributed by atoms with Crippen LogP contribution >= 0.6 is 22.6 Å². The fraction of sp³-hybridized carbons (Fsp3) is 0.545. The maximum absolute atomic E-state index is 10.6. The van der Waals surface area contributed by atoms with Crippen LogP contribution in [-0.2, 0) is 16.1 Å². The van der Waals surface area contributed by atoms with Crippen LogP contribution in [0.3, 0.4) is 0 Å². The maximum atomic E-state index is 10.6. The van der Waals surface area contributed by atoms with Gasteiger partial charge in [0.1, 0.15) is 12.3 Å². The summed E-state index contributed by atoms with van der Waals surface area (Å²) in [5, 5.41) is 13.7. The standard InChI is InChI=1S/C22H27IN2O3/c23-20-21(17-4-2-1-3-5-17)24-25(22(20)18-10-11-18)12-15-6-8-16(9-7-15)13-28-14-19(26)27/h1-5,15-16,18H,6-14H2,(H,26,27). The fourth-order valence-corrected chi connectivity index (χ4v) is 5.40. The summed E-state index contributed by atoms with van der Waals surface area (Å²) in [5.41, 5.74) is 3.76. The lowest BCUT2D eigenvalue weighted by Crippen LogP contribution is -2.23. The van der Waals surface area contributed by atoms with E-state index >= 15 is 0 Å². The second kappa shape index (κ2) is 8.95. The minimum atomic E-state index is -0.885. The first kappa shape index (κ1) is 19.9. The Morgan fingerprint density at radius 3 is 2.43 bits per heavy atom. The lowest BCUT2D eigenvalue weighted by molar-refractivity contribution is -0.142. The van der Waals surface area contributed by atoms with Gasteiger partial charge in [0, 0.05) is 18.0 Å². The van der Waals surface area contributed by atoms with Crippen LogP contribution in [0.4, 0.5) is 0 Å². The van der Waals surface area contributed by atoms with E-state index in [4.69, 9.17) is 14.9 Å². The van der Waals surface area contributed by atoms with Crippen molar-refractivity contribution in [3.8, 4) is 11.3 Å². The first-order valence-corrected chi connectivity index (χ1v) is 11.3. The van der Waals surface area contributed by atoms with Gasteiger partial charge in [-0.2, -0.15) is 5.10 Å². The number of aromatic nitrogens is 2. The Bertz CT molecular complexity index is 809. The number of ether oxygens (including phenoxy) is 1. The molecule has 2 fully saturated rings. The van der Waals surface area contributed by atoms with Gasteiger partial charge in [-0.15, -0.1) is 0 Å².